The van der Waals surface area contributed by atoms with Crippen LogP contribution in [0.25, 0.3) is 10.9 Å². The molecule has 1 aromatic heterocycles. The molecule has 4 N–H and O–H groups in total. The molecule has 6 nitrogen and oxygen atoms in total. The number of amides is 1. The van der Waals surface area contributed by atoms with Crippen molar-refractivity contribution in [3.8, 4) is 5.75 Å². The molecule has 2 heterocycles. The van der Waals surface area contributed by atoms with Gasteiger partial charge in [0.2, 0.25) is 5.91 Å². The van der Waals surface area contributed by atoms with Crippen LogP contribution in [0, 0.1) is 0 Å². The molecular weight excluding hydrogens is 401 g/mol. The Morgan fingerprint density at radius 3 is 2.71 bits per heavy atom. The number of H-pyrrole nitrogens is 1. The molecule has 0 radical (unpaired) electrons. The van der Waals surface area contributed by atoms with E-state index in [0.29, 0.717) is 22.3 Å². The van der Waals surface area contributed by atoms with Crippen molar-refractivity contribution >= 4 is 45.7 Å². The molecule has 1 unspecified atom stereocenters. The van der Waals surface area contributed by atoms with E-state index in [1.54, 1.807) is 12.1 Å². The molecule has 0 spiro atoms. The van der Waals surface area contributed by atoms with E-state index in [2.05, 4.69) is 10.3 Å². The predicted octanol–water partition coefficient (Wildman–Crippen LogP) is 3.71. The van der Waals surface area contributed by atoms with Crippen molar-refractivity contribution in [3.63, 3.8) is 0 Å². The first-order valence-corrected chi connectivity index (χ1v) is 9.65. The molecule has 0 bridgehead atoms. The molecule has 1 aliphatic rings. The lowest BCUT2D eigenvalue weighted by Gasteiger charge is -2.34. The minimum absolute atomic E-state index is 0.0862. The summed E-state index contributed by atoms with van der Waals surface area (Å²) in [6.07, 6.45) is 0.742. The van der Waals surface area contributed by atoms with Crippen LogP contribution in [-0.4, -0.2) is 45.7 Å². The normalized spacial score (nSPS) is 16.9. The van der Waals surface area contributed by atoms with Crippen LogP contribution in [0.3, 0.4) is 0 Å². The van der Waals surface area contributed by atoms with Gasteiger partial charge in [0.15, 0.2) is 0 Å². The Bertz CT molecular complexity index is 1050. The van der Waals surface area contributed by atoms with E-state index in [1.807, 2.05) is 23.1 Å². The van der Waals surface area contributed by atoms with Gasteiger partial charge in [0.1, 0.15) is 5.75 Å². The Hall–Kier alpha value is -2.25. The molecule has 2 aromatic carbocycles. The van der Waals surface area contributed by atoms with E-state index in [1.165, 1.54) is 6.07 Å². The molecule has 3 aromatic rings. The third-order valence-electron chi connectivity index (χ3n) is 5.08. The number of fused-ring (bicyclic) bond motifs is 3. The number of nitrogens with one attached hydrogen (secondary N) is 2. The molecule has 1 atom stereocenters. The second-order valence-electron chi connectivity index (χ2n) is 6.84. The fourth-order valence-corrected chi connectivity index (χ4v) is 4.11. The molecule has 0 saturated heterocycles. The van der Waals surface area contributed by atoms with Crippen LogP contribution in [0.4, 0.5) is 5.69 Å². The summed E-state index contributed by atoms with van der Waals surface area (Å²) >= 11 is 11.9. The number of hydrogen-bond donors (Lipinski definition) is 4. The molecule has 0 fully saturated rings. The van der Waals surface area contributed by atoms with Crippen LogP contribution in [0.15, 0.2) is 36.4 Å². The fourth-order valence-electron chi connectivity index (χ4n) is 3.77. The lowest BCUT2D eigenvalue weighted by molar-refractivity contribution is -0.118. The number of carbonyl (C=O) groups excluding carboxylic acids is 1. The third kappa shape index (κ3) is 3.56. The minimum atomic E-state index is -0.320. The largest absolute Gasteiger partial charge is 0.506 e. The van der Waals surface area contributed by atoms with Crippen molar-refractivity contribution < 1.29 is 15.0 Å². The fraction of sp³-hybridized carbons (Fsp3) is 0.250. The van der Waals surface area contributed by atoms with E-state index in [0.717, 1.165) is 28.6 Å². The number of phenols is 1. The van der Waals surface area contributed by atoms with E-state index >= 15 is 0 Å². The van der Waals surface area contributed by atoms with Gasteiger partial charge < -0.3 is 20.5 Å². The highest BCUT2D eigenvalue weighted by Crippen LogP contribution is 2.35. The average Bonchev–Trinajstić information content (AvgIpc) is 3.01. The number of hydrogen-bond acceptors (Lipinski definition) is 4. The zero-order valence-electron chi connectivity index (χ0n) is 14.9. The van der Waals surface area contributed by atoms with Gasteiger partial charge >= 0.3 is 0 Å². The van der Waals surface area contributed by atoms with Crippen molar-refractivity contribution in [3.05, 3.63) is 57.7 Å². The van der Waals surface area contributed by atoms with Crippen LogP contribution in [0.5, 0.6) is 5.75 Å². The molecule has 0 aliphatic carbocycles. The van der Waals surface area contributed by atoms with Crippen LogP contribution >= 0.6 is 23.2 Å². The Morgan fingerprint density at radius 1 is 1.21 bits per heavy atom. The molecule has 0 saturated carbocycles. The number of aromatic nitrogens is 1. The molecule has 146 valence electrons. The van der Waals surface area contributed by atoms with Gasteiger partial charge in [0, 0.05) is 39.3 Å². The van der Waals surface area contributed by atoms with Gasteiger partial charge in [-0.05, 0) is 42.3 Å². The Balaban J connectivity index is 1.54. The minimum Gasteiger partial charge on any atom is -0.506 e. The number of phenolic OH excluding ortho intramolecular Hbond substituents is 1. The summed E-state index contributed by atoms with van der Waals surface area (Å²) in [5, 5.41) is 24.7. The first-order valence-electron chi connectivity index (χ1n) is 8.89. The number of aliphatic hydroxyl groups is 1. The van der Waals surface area contributed by atoms with Crippen LogP contribution in [0.2, 0.25) is 10.0 Å². The van der Waals surface area contributed by atoms with Gasteiger partial charge in [-0.2, -0.15) is 0 Å². The quantitative estimate of drug-likeness (QED) is 0.485. The molecule has 4 rings (SSSR count). The van der Waals surface area contributed by atoms with Gasteiger partial charge in [-0.1, -0.05) is 23.2 Å². The number of rotatable bonds is 4. The van der Waals surface area contributed by atoms with Crippen molar-refractivity contribution in [2.75, 3.05) is 25.0 Å². The van der Waals surface area contributed by atoms with E-state index in [9.17, 15) is 15.0 Å². The summed E-state index contributed by atoms with van der Waals surface area (Å²) in [5.41, 5.74) is 3.30. The maximum Gasteiger partial charge on any atom is 0.238 e. The highest BCUT2D eigenvalue weighted by molar-refractivity contribution is 6.31. The van der Waals surface area contributed by atoms with Crippen molar-refractivity contribution in [2.45, 2.75) is 12.5 Å². The van der Waals surface area contributed by atoms with E-state index in [-0.39, 0.29) is 30.9 Å². The average molecular weight is 420 g/mol. The van der Waals surface area contributed by atoms with E-state index in [4.69, 9.17) is 23.2 Å². The highest BCUT2D eigenvalue weighted by atomic mass is 35.5. The van der Waals surface area contributed by atoms with E-state index < -0.39 is 0 Å². The van der Waals surface area contributed by atoms with Gasteiger partial charge in [-0.3, -0.25) is 9.69 Å². The van der Waals surface area contributed by atoms with Crippen LogP contribution < -0.4 is 5.32 Å². The molecule has 1 aliphatic heterocycles. The summed E-state index contributed by atoms with van der Waals surface area (Å²) in [6, 6.07) is 9.86. The van der Waals surface area contributed by atoms with Crippen molar-refractivity contribution in [1.82, 2.24) is 9.88 Å². The van der Waals surface area contributed by atoms with Crippen LogP contribution in [0.1, 0.15) is 17.3 Å². The smallest absolute Gasteiger partial charge is 0.238 e. The maximum absolute atomic E-state index is 12.5. The third-order valence-corrected chi connectivity index (χ3v) is 5.55. The topological polar surface area (TPSA) is 88.6 Å². The Kier molecular flexibility index (Phi) is 5.21. The van der Waals surface area contributed by atoms with Crippen LogP contribution in [-0.2, 0) is 11.2 Å². The predicted molar refractivity (Wildman–Crippen MR) is 110 cm³/mol. The number of carbonyl (C=O) groups is 1. The second-order valence-corrected chi connectivity index (χ2v) is 7.71. The summed E-state index contributed by atoms with van der Waals surface area (Å²) < 4.78 is 0. The Morgan fingerprint density at radius 2 is 1.96 bits per heavy atom. The maximum atomic E-state index is 12.5. The summed E-state index contributed by atoms with van der Waals surface area (Å²) in [7, 11) is 0. The number of anilines is 1. The standard InChI is InChI=1S/C20H19Cl2N3O3/c21-11-1-3-15-14(7-11)13-5-6-25(17(10-26)20(13)24-15)9-19(28)23-16-4-2-12(22)8-18(16)27/h1-4,7-8,17,24,26-27H,5-6,9-10H2,(H,23,28). The SMILES string of the molecule is O=C(CN1CCc2c([nH]c3ccc(Cl)cc23)C1CO)Nc1ccc(Cl)cc1O. The van der Waals surface area contributed by atoms with Gasteiger partial charge in [-0.25, -0.2) is 0 Å². The molecule has 1 amide bonds. The summed E-state index contributed by atoms with van der Waals surface area (Å²) in [5.74, 6) is -0.369. The number of aliphatic hydroxyl groups excluding tert-OH is 1. The lowest BCUT2D eigenvalue weighted by Crippen LogP contribution is -2.42. The molecule has 28 heavy (non-hydrogen) atoms. The first-order chi connectivity index (χ1) is 13.5. The van der Waals surface area contributed by atoms with Crippen molar-refractivity contribution in [1.29, 1.82) is 0 Å². The van der Waals surface area contributed by atoms with Gasteiger partial charge in [0.05, 0.1) is 24.9 Å². The van der Waals surface area contributed by atoms with Gasteiger partial charge in [-0.15, -0.1) is 0 Å². The zero-order valence-corrected chi connectivity index (χ0v) is 16.4. The number of nitrogens with zero attached hydrogens (tertiary/aromatic N) is 1. The molecular formula is C20H19Cl2N3O3. The monoisotopic (exact) mass is 419 g/mol. The second kappa shape index (κ2) is 7.64. The number of aromatic hydroxyl groups is 1. The first kappa shape index (κ1) is 19.1. The summed E-state index contributed by atoms with van der Waals surface area (Å²) in [6.45, 7) is 0.591. The zero-order chi connectivity index (χ0) is 19.8. The Labute approximate surface area is 171 Å². The summed E-state index contributed by atoms with van der Waals surface area (Å²) in [4.78, 5) is 17.8. The highest BCUT2D eigenvalue weighted by Gasteiger charge is 2.31. The van der Waals surface area contributed by atoms with Crippen molar-refractivity contribution in [2.24, 2.45) is 0 Å². The lowest BCUT2D eigenvalue weighted by atomic mass is 9.97. The number of halogens is 2. The number of aromatic amines is 1. The molecule has 8 heteroatoms. The van der Waals surface area contributed by atoms with Gasteiger partial charge in [0.25, 0.3) is 0 Å². The number of benzene rings is 2.